The second kappa shape index (κ2) is 42.7. The molecule has 4 aromatic carbocycles. The molecule has 5 aromatic rings. The zero-order valence-electron chi connectivity index (χ0n) is 65.0. The Labute approximate surface area is 617 Å². The van der Waals surface area contributed by atoms with Crippen molar-refractivity contribution >= 4 is 91.5 Å². The molecule has 0 aliphatic carbocycles. The van der Waals surface area contributed by atoms with Gasteiger partial charge in [0.2, 0.25) is 45.4 Å². The minimum atomic E-state index is -3.55. The second-order valence-electron chi connectivity index (χ2n) is 31.4. The van der Waals surface area contributed by atoms with Crippen LogP contribution in [0.5, 0.6) is 11.6 Å². The molecule has 0 saturated carbocycles. The molecule has 5 N–H and O–H groups in total. The van der Waals surface area contributed by atoms with Gasteiger partial charge in [-0.3, -0.25) is 28.8 Å². The standard InChI is InChI=1S/C19H32N2O3S.C19H28N2O3.C15H20ClNO3.C13H17F2NO.C13H20N2O2/c1-8-21(9-2)25(23,24)16-12-14(3)15(4)17(13-16)20-18(22)10-11-19(5,6)7;1-19(2,3)10-9-17(22)20-15-7-6-8-16(13-15)24-14-18(23)21-11-4-5-12-21;1-15(2,3)8-7-13(18)17-10-5-6-12(16)11(9-10)14(19)20-4;1-13(2,3)7-6-12(17)16-11-8-9(14)4-5-10(11)15;1-13(2,3)8-7-11(16)15-10-5-6-12(17-4)14-9-10/h12-13H,8-11H2,1-7H3,(H,20,22);6-8,13H,4-5,9-12,14H2,1-3H3,(H,20,22);5-6,9H,7-8H2,1-4H3,(H,17,18);4-5,8H,6-7H2,1-3H3,(H,16,17);5-6,9H,7-8H2,1-4H3,(H,15,16). The summed E-state index contributed by atoms with van der Waals surface area (Å²) in [5, 5.41) is 14.0. The van der Waals surface area contributed by atoms with Crippen molar-refractivity contribution in [3.63, 3.8) is 0 Å². The van der Waals surface area contributed by atoms with Gasteiger partial charge in [-0.15, -0.1) is 0 Å². The number of nitrogens with one attached hydrogen (secondary N) is 5. The van der Waals surface area contributed by atoms with Crippen molar-refractivity contribution in [3.8, 4) is 11.6 Å². The van der Waals surface area contributed by atoms with Crippen LogP contribution in [-0.4, -0.2) is 111 Å². The molecule has 0 unspecified atom stereocenters. The molecule has 1 aliphatic heterocycles. The van der Waals surface area contributed by atoms with Gasteiger partial charge in [0.1, 0.15) is 17.4 Å². The lowest BCUT2D eigenvalue weighted by Crippen LogP contribution is -2.32. The lowest BCUT2D eigenvalue weighted by molar-refractivity contribution is -0.132. The third-order valence-corrected chi connectivity index (χ3v) is 18.2. The summed E-state index contributed by atoms with van der Waals surface area (Å²) in [5.74, 6) is -1.03. The molecular weight excluding hydrogens is 1360 g/mol. The van der Waals surface area contributed by atoms with Crippen LogP contribution >= 0.6 is 11.6 Å². The molecule has 572 valence electrons. The van der Waals surface area contributed by atoms with Crippen LogP contribution in [0.15, 0.2) is 96.0 Å². The molecule has 1 fully saturated rings. The zero-order valence-corrected chi connectivity index (χ0v) is 66.5. The summed E-state index contributed by atoms with van der Waals surface area (Å²) >= 11 is 5.91. The molecule has 6 amide bonds. The fraction of sp³-hybridized carbons (Fsp3) is 0.544. The fourth-order valence-corrected chi connectivity index (χ4v) is 11.0. The number of esters is 1. The average molecular weight is 1480 g/mol. The Balaban J connectivity index is 0.000000441. The zero-order chi connectivity index (χ0) is 78.3. The maximum atomic E-state index is 13.2. The number of hydrogen-bond donors (Lipinski definition) is 5. The quantitative estimate of drug-likeness (QED) is 0.0361. The maximum absolute atomic E-state index is 13.2. The van der Waals surface area contributed by atoms with Crippen LogP contribution in [0.3, 0.4) is 0 Å². The smallest absolute Gasteiger partial charge is 0.339 e. The number of carbonyl (C=O) groups is 7. The van der Waals surface area contributed by atoms with Crippen molar-refractivity contribution in [2.45, 2.75) is 213 Å². The predicted molar refractivity (Wildman–Crippen MR) is 410 cm³/mol. The van der Waals surface area contributed by atoms with E-state index in [9.17, 15) is 50.8 Å². The second-order valence-corrected chi connectivity index (χ2v) is 33.7. The van der Waals surface area contributed by atoms with Crippen LogP contribution in [0.2, 0.25) is 5.02 Å². The summed E-state index contributed by atoms with van der Waals surface area (Å²) in [6.07, 6.45) is 9.82. The van der Waals surface area contributed by atoms with Gasteiger partial charge in [-0.05, 0) is 158 Å². The van der Waals surface area contributed by atoms with Gasteiger partial charge in [0.15, 0.2) is 6.61 Å². The number of rotatable bonds is 24. The SMILES string of the molecule is CC(C)(C)CCC(=O)Nc1cc(F)ccc1F.CC(C)(C)CCC(=O)Nc1cccc(OCC(=O)N2CCCC2)c1.CCN(CC)S(=O)(=O)c1cc(C)c(C)c(NC(=O)CCC(C)(C)C)c1.COC(=O)c1cc(NC(=O)CCC(C)(C)C)ccc1Cl.COc1ccc(NC(=O)CCC(C)(C)C)cn1. The van der Waals surface area contributed by atoms with Gasteiger partial charge < -0.3 is 45.7 Å². The summed E-state index contributed by atoms with van der Waals surface area (Å²) in [5.41, 5.74) is 4.91. The number of likely N-dealkylation sites (tertiary alicyclic amines) is 1. The number of hydrogen-bond acceptors (Lipinski definition) is 13. The highest BCUT2D eigenvalue weighted by Gasteiger charge is 2.25. The van der Waals surface area contributed by atoms with E-state index in [-0.39, 0.29) is 85.3 Å². The molecule has 6 rings (SSSR count). The number of pyridine rings is 1. The van der Waals surface area contributed by atoms with Crippen LogP contribution in [-0.2, 0) is 43.5 Å². The Morgan fingerprint density at radius 1 is 0.553 bits per heavy atom. The van der Waals surface area contributed by atoms with E-state index in [0.717, 1.165) is 80.9 Å². The number of benzene rings is 4. The number of nitrogens with zero attached hydrogens (tertiary/aromatic N) is 3. The molecule has 0 atom stereocenters. The van der Waals surface area contributed by atoms with E-state index in [4.69, 9.17) is 21.1 Å². The summed E-state index contributed by atoms with van der Waals surface area (Å²) in [6, 6.07) is 21.7. The largest absolute Gasteiger partial charge is 0.484 e. The first-order valence-corrected chi connectivity index (χ1v) is 36.9. The Bertz CT molecular complexity index is 3680. The van der Waals surface area contributed by atoms with E-state index >= 15 is 0 Å². The van der Waals surface area contributed by atoms with Crippen LogP contribution in [0.1, 0.15) is 216 Å². The van der Waals surface area contributed by atoms with E-state index in [1.54, 1.807) is 61.8 Å². The van der Waals surface area contributed by atoms with Crippen molar-refractivity contribution in [2.24, 2.45) is 27.1 Å². The summed E-state index contributed by atoms with van der Waals surface area (Å²) in [4.78, 5) is 88.8. The van der Waals surface area contributed by atoms with Gasteiger partial charge in [-0.2, -0.15) is 4.31 Å². The lowest BCUT2D eigenvalue weighted by atomic mass is 9.90. The topological polar surface area (TPSA) is 261 Å². The van der Waals surface area contributed by atoms with Gasteiger partial charge in [0.25, 0.3) is 5.91 Å². The van der Waals surface area contributed by atoms with Gasteiger partial charge in [-0.25, -0.2) is 27.0 Å². The molecule has 20 nitrogen and oxygen atoms in total. The van der Waals surface area contributed by atoms with Crippen LogP contribution < -0.4 is 36.1 Å². The van der Waals surface area contributed by atoms with E-state index in [1.165, 1.54) is 17.5 Å². The van der Waals surface area contributed by atoms with E-state index in [0.29, 0.717) is 91.0 Å². The molecule has 24 heteroatoms. The predicted octanol–water partition coefficient (Wildman–Crippen LogP) is 18.0. The molecular formula is C79H117ClF2N8O12S. The molecule has 0 radical (unpaired) electrons. The normalized spacial score (nSPS) is 12.3. The van der Waals surface area contributed by atoms with Gasteiger partial charge in [0, 0.05) is 93.5 Å². The van der Waals surface area contributed by atoms with Crippen molar-refractivity contribution in [3.05, 3.63) is 124 Å². The first-order chi connectivity index (χ1) is 47.7. The molecule has 1 aromatic heterocycles. The molecule has 103 heavy (non-hydrogen) atoms. The molecule has 1 saturated heterocycles. The highest BCUT2D eigenvalue weighted by atomic mass is 35.5. The summed E-state index contributed by atoms with van der Waals surface area (Å²) in [7, 11) is -0.708. The molecule has 1 aliphatic rings. The minimum Gasteiger partial charge on any atom is -0.484 e. The lowest BCUT2D eigenvalue weighted by Gasteiger charge is -2.21. The third kappa shape index (κ3) is 38.4. The van der Waals surface area contributed by atoms with Crippen molar-refractivity contribution in [1.82, 2.24) is 14.2 Å². The first-order valence-electron chi connectivity index (χ1n) is 35.1. The maximum Gasteiger partial charge on any atom is 0.339 e. The van der Waals surface area contributed by atoms with Crippen molar-refractivity contribution in [1.29, 1.82) is 0 Å². The Kier molecular flexibility index (Phi) is 37.7. The summed E-state index contributed by atoms with van der Waals surface area (Å²) < 4.78 is 68.2. The van der Waals surface area contributed by atoms with E-state index in [2.05, 4.69) is 119 Å². The number of aromatic nitrogens is 1. The van der Waals surface area contributed by atoms with Gasteiger partial charge in [-0.1, -0.05) is 135 Å². The van der Waals surface area contributed by atoms with E-state index < -0.39 is 27.6 Å². The first kappa shape index (κ1) is 91.1. The monoisotopic (exact) mass is 1470 g/mol. The molecule has 2 heterocycles. The molecule has 0 bridgehead atoms. The van der Waals surface area contributed by atoms with Crippen LogP contribution in [0, 0.1) is 52.6 Å². The number of amides is 6. The highest BCUT2D eigenvalue weighted by molar-refractivity contribution is 7.89. The molecule has 0 spiro atoms. The average Bonchev–Trinajstić information content (AvgIpc) is 0.945. The van der Waals surface area contributed by atoms with E-state index in [1.807, 2.05) is 65.5 Å². The number of anilines is 5. The number of sulfonamides is 1. The fourth-order valence-electron chi connectivity index (χ4n) is 9.26. The van der Waals surface area contributed by atoms with Gasteiger partial charge in [0.05, 0.1) is 47.3 Å². The Hall–Kier alpha value is -8.02. The van der Waals surface area contributed by atoms with Gasteiger partial charge >= 0.3 is 5.97 Å². The Morgan fingerprint density at radius 2 is 1.00 bits per heavy atom. The Morgan fingerprint density at radius 3 is 1.44 bits per heavy atom. The number of aryl methyl sites for hydroxylation is 1. The summed E-state index contributed by atoms with van der Waals surface area (Å²) in [6.45, 7) is 41.2. The number of ether oxygens (including phenoxy) is 3. The van der Waals surface area contributed by atoms with Crippen LogP contribution in [0.25, 0.3) is 0 Å². The third-order valence-electron chi connectivity index (χ3n) is 15.8. The van der Waals surface area contributed by atoms with Crippen molar-refractivity contribution in [2.75, 3.05) is 73.6 Å². The number of methoxy groups -OCH3 is 2. The highest BCUT2D eigenvalue weighted by Crippen LogP contribution is 2.30. The van der Waals surface area contributed by atoms with Crippen LogP contribution in [0.4, 0.5) is 37.2 Å². The number of halogens is 3. The van der Waals surface area contributed by atoms with Crippen molar-refractivity contribution < 1.29 is 65.0 Å². The number of carbonyl (C=O) groups excluding carboxylic acids is 7. The minimum absolute atomic E-state index is 0.00443.